The van der Waals surface area contributed by atoms with E-state index in [2.05, 4.69) is 5.32 Å². The number of rotatable bonds is 4. The normalized spacial score (nSPS) is 12.0. The van der Waals surface area contributed by atoms with Crippen molar-refractivity contribution < 1.29 is 4.79 Å². The molecule has 2 aromatic carbocycles. The van der Waals surface area contributed by atoms with Gasteiger partial charge in [-0.1, -0.05) is 35.3 Å². The Labute approximate surface area is 133 Å². The van der Waals surface area contributed by atoms with E-state index in [1.165, 1.54) is 0 Å². The maximum Gasteiger partial charge on any atom is 0.233 e. The van der Waals surface area contributed by atoms with E-state index in [1.54, 1.807) is 42.5 Å². The molecule has 0 aliphatic carbocycles. The van der Waals surface area contributed by atoms with Crippen molar-refractivity contribution in [2.24, 2.45) is 5.73 Å². The highest BCUT2D eigenvalue weighted by Crippen LogP contribution is 2.27. The van der Waals surface area contributed by atoms with Gasteiger partial charge in [-0.3, -0.25) is 4.79 Å². The predicted molar refractivity (Wildman–Crippen MR) is 87.7 cm³/mol. The number of amides is 1. The van der Waals surface area contributed by atoms with E-state index in [0.717, 1.165) is 0 Å². The predicted octanol–water partition coefficient (Wildman–Crippen LogP) is 3.26. The van der Waals surface area contributed by atoms with E-state index in [4.69, 9.17) is 34.7 Å². The number of hydrogen-bond donors (Lipinski definition) is 3. The van der Waals surface area contributed by atoms with Gasteiger partial charge in [0.05, 0.1) is 16.0 Å². The summed E-state index contributed by atoms with van der Waals surface area (Å²) in [5, 5.41) is 3.62. The largest absolute Gasteiger partial charge is 0.399 e. The topological polar surface area (TPSA) is 81.1 Å². The first-order chi connectivity index (χ1) is 10.0. The summed E-state index contributed by atoms with van der Waals surface area (Å²) < 4.78 is 0. The fourth-order valence-electron chi connectivity index (χ4n) is 1.97. The first kappa shape index (κ1) is 15.6. The zero-order valence-electron chi connectivity index (χ0n) is 11.1. The highest BCUT2D eigenvalue weighted by atomic mass is 35.5. The van der Waals surface area contributed by atoms with Crippen molar-refractivity contribution in [2.75, 3.05) is 17.6 Å². The van der Waals surface area contributed by atoms with Crippen LogP contribution in [0.5, 0.6) is 0 Å². The van der Waals surface area contributed by atoms with Crippen molar-refractivity contribution in [3.05, 3.63) is 58.1 Å². The number of benzene rings is 2. The van der Waals surface area contributed by atoms with Crippen molar-refractivity contribution in [1.29, 1.82) is 0 Å². The zero-order valence-corrected chi connectivity index (χ0v) is 12.7. The van der Waals surface area contributed by atoms with Gasteiger partial charge in [-0.2, -0.15) is 0 Å². The van der Waals surface area contributed by atoms with E-state index in [1.807, 2.05) is 0 Å². The molecule has 0 saturated carbocycles. The van der Waals surface area contributed by atoms with E-state index >= 15 is 0 Å². The lowest BCUT2D eigenvalue weighted by Crippen LogP contribution is -2.27. The second kappa shape index (κ2) is 6.80. The Morgan fingerprint density at radius 3 is 2.52 bits per heavy atom. The summed E-state index contributed by atoms with van der Waals surface area (Å²) >= 11 is 11.9. The van der Waals surface area contributed by atoms with Crippen LogP contribution in [0.15, 0.2) is 42.5 Å². The van der Waals surface area contributed by atoms with Crippen molar-refractivity contribution in [3.8, 4) is 0 Å². The zero-order chi connectivity index (χ0) is 15.4. The molecule has 0 aliphatic rings. The molecule has 0 saturated heterocycles. The molecule has 110 valence electrons. The van der Waals surface area contributed by atoms with Gasteiger partial charge in [-0.05, 0) is 35.9 Å². The van der Waals surface area contributed by atoms with Crippen molar-refractivity contribution in [1.82, 2.24) is 0 Å². The third-order valence-corrected chi connectivity index (χ3v) is 3.79. The van der Waals surface area contributed by atoms with Gasteiger partial charge < -0.3 is 16.8 Å². The smallest absolute Gasteiger partial charge is 0.233 e. The van der Waals surface area contributed by atoms with Crippen LogP contribution in [0, 0.1) is 0 Å². The van der Waals surface area contributed by atoms with Gasteiger partial charge in [-0.25, -0.2) is 0 Å². The molecular weight excluding hydrogens is 309 g/mol. The first-order valence-corrected chi connectivity index (χ1v) is 7.08. The lowest BCUT2D eigenvalue weighted by Gasteiger charge is -2.16. The Bertz CT molecular complexity index is 661. The fourth-order valence-corrected chi connectivity index (χ4v) is 2.28. The highest BCUT2D eigenvalue weighted by Gasteiger charge is 2.20. The van der Waals surface area contributed by atoms with Gasteiger partial charge in [0.25, 0.3) is 0 Å². The molecular formula is C15H15Cl2N3O. The van der Waals surface area contributed by atoms with Gasteiger partial charge in [0.1, 0.15) is 0 Å². The third kappa shape index (κ3) is 3.88. The number of anilines is 2. The van der Waals surface area contributed by atoms with Gasteiger partial charge in [-0.15, -0.1) is 0 Å². The average Bonchev–Trinajstić information content (AvgIpc) is 2.43. The molecule has 0 bridgehead atoms. The Kier molecular flexibility index (Phi) is 5.07. The van der Waals surface area contributed by atoms with Crippen LogP contribution in [0.4, 0.5) is 11.4 Å². The molecule has 1 unspecified atom stereocenters. The van der Waals surface area contributed by atoms with Gasteiger partial charge in [0, 0.05) is 17.9 Å². The van der Waals surface area contributed by atoms with E-state index < -0.39 is 5.92 Å². The van der Waals surface area contributed by atoms with Gasteiger partial charge in [0.2, 0.25) is 5.91 Å². The number of nitrogens with one attached hydrogen (secondary N) is 1. The molecule has 6 heteroatoms. The minimum Gasteiger partial charge on any atom is -0.399 e. The van der Waals surface area contributed by atoms with Crippen LogP contribution in [0.2, 0.25) is 10.0 Å². The third-order valence-electron chi connectivity index (χ3n) is 3.05. The summed E-state index contributed by atoms with van der Waals surface area (Å²) in [4.78, 5) is 12.3. The summed E-state index contributed by atoms with van der Waals surface area (Å²) in [6, 6.07) is 12.0. The number of halogens is 2. The maximum absolute atomic E-state index is 12.3. The van der Waals surface area contributed by atoms with Crippen molar-refractivity contribution >= 4 is 40.5 Å². The molecule has 2 rings (SSSR count). The SMILES string of the molecule is NCC(C(=O)Nc1cccc(N)c1)c1ccc(Cl)c(Cl)c1. The molecule has 0 fully saturated rings. The van der Waals surface area contributed by atoms with Crippen LogP contribution < -0.4 is 16.8 Å². The average molecular weight is 324 g/mol. The Morgan fingerprint density at radius 1 is 1.14 bits per heavy atom. The first-order valence-electron chi connectivity index (χ1n) is 6.32. The molecule has 1 atom stereocenters. The number of carbonyl (C=O) groups excluding carboxylic acids is 1. The molecule has 1 amide bonds. The van der Waals surface area contributed by atoms with Crippen LogP contribution in [0.25, 0.3) is 0 Å². The summed E-state index contributed by atoms with van der Waals surface area (Å²) in [5.74, 6) is -0.734. The standard InChI is InChI=1S/C15H15Cl2N3O/c16-13-5-4-9(6-14(13)17)12(8-18)15(21)20-11-3-1-2-10(19)7-11/h1-7,12H,8,18-19H2,(H,20,21). The lowest BCUT2D eigenvalue weighted by molar-refractivity contribution is -0.117. The van der Waals surface area contributed by atoms with Crippen LogP contribution >= 0.6 is 23.2 Å². The summed E-state index contributed by atoms with van der Waals surface area (Å²) in [6.45, 7) is 0.159. The van der Waals surface area contributed by atoms with Crippen molar-refractivity contribution in [3.63, 3.8) is 0 Å². The van der Waals surface area contributed by atoms with Crippen LogP contribution in [-0.2, 0) is 4.79 Å². The highest BCUT2D eigenvalue weighted by molar-refractivity contribution is 6.42. The molecule has 0 heterocycles. The van der Waals surface area contributed by atoms with E-state index in [0.29, 0.717) is 27.0 Å². The summed E-state index contributed by atoms with van der Waals surface area (Å²) in [5.41, 5.74) is 13.3. The van der Waals surface area contributed by atoms with E-state index in [9.17, 15) is 4.79 Å². The molecule has 0 spiro atoms. The fraction of sp³-hybridized carbons (Fsp3) is 0.133. The second-order valence-electron chi connectivity index (χ2n) is 4.58. The second-order valence-corrected chi connectivity index (χ2v) is 5.39. The van der Waals surface area contributed by atoms with Gasteiger partial charge >= 0.3 is 0 Å². The van der Waals surface area contributed by atoms with Gasteiger partial charge in [0.15, 0.2) is 0 Å². The molecule has 0 aliphatic heterocycles. The summed E-state index contributed by atoms with van der Waals surface area (Å²) in [6.07, 6.45) is 0. The number of nitrogens with two attached hydrogens (primary N) is 2. The molecule has 4 nitrogen and oxygen atoms in total. The number of hydrogen-bond acceptors (Lipinski definition) is 3. The van der Waals surface area contributed by atoms with Crippen LogP contribution in [0.1, 0.15) is 11.5 Å². The minimum absolute atomic E-state index is 0.159. The Hall–Kier alpha value is -1.75. The maximum atomic E-state index is 12.3. The minimum atomic E-state index is -0.513. The molecule has 5 N–H and O–H groups in total. The van der Waals surface area contributed by atoms with Crippen LogP contribution in [0.3, 0.4) is 0 Å². The Balaban J connectivity index is 2.20. The Morgan fingerprint density at radius 2 is 1.90 bits per heavy atom. The quantitative estimate of drug-likeness (QED) is 0.755. The monoisotopic (exact) mass is 323 g/mol. The van der Waals surface area contributed by atoms with Crippen molar-refractivity contribution in [2.45, 2.75) is 5.92 Å². The van der Waals surface area contributed by atoms with Crippen LogP contribution in [-0.4, -0.2) is 12.5 Å². The molecule has 0 aromatic heterocycles. The molecule has 21 heavy (non-hydrogen) atoms. The lowest BCUT2D eigenvalue weighted by atomic mass is 9.98. The van der Waals surface area contributed by atoms with E-state index in [-0.39, 0.29) is 12.5 Å². The number of carbonyl (C=O) groups is 1. The number of nitrogen functional groups attached to an aromatic ring is 1. The molecule has 2 aromatic rings. The molecule has 0 radical (unpaired) electrons. The summed E-state index contributed by atoms with van der Waals surface area (Å²) in [7, 11) is 0.